The number of benzene rings is 2. The van der Waals surface area contributed by atoms with E-state index in [4.69, 9.17) is 4.74 Å². The van der Waals surface area contributed by atoms with Crippen molar-refractivity contribution < 1.29 is 13.9 Å². The molecule has 0 spiro atoms. The number of aromatic nitrogens is 2. The standard InChI is InChI=1S/C22H22FN3O2S/c1-2-28-19-12-6-4-10-17(19)22(27)26-13-7-8-15(14-26)20-24-25-21(29-20)16-9-3-5-11-18(16)23/h3-6,9-12,15H,2,7-8,13-14H2,1H3. The molecule has 0 aliphatic carbocycles. The van der Waals surface area contributed by atoms with Crippen LogP contribution in [0, 0.1) is 5.82 Å². The van der Waals surface area contributed by atoms with Gasteiger partial charge in [-0.15, -0.1) is 10.2 Å². The minimum atomic E-state index is -0.303. The van der Waals surface area contributed by atoms with E-state index < -0.39 is 0 Å². The first-order valence-corrected chi connectivity index (χ1v) is 10.6. The van der Waals surface area contributed by atoms with Gasteiger partial charge in [-0.1, -0.05) is 35.6 Å². The Morgan fingerprint density at radius 1 is 1.21 bits per heavy atom. The number of para-hydroxylation sites is 1. The van der Waals surface area contributed by atoms with E-state index in [0.717, 1.165) is 17.8 Å². The maximum atomic E-state index is 14.1. The van der Waals surface area contributed by atoms with Crippen LogP contribution in [-0.4, -0.2) is 40.7 Å². The number of piperidine rings is 1. The summed E-state index contributed by atoms with van der Waals surface area (Å²) in [6.07, 6.45) is 1.82. The minimum absolute atomic E-state index is 0.0300. The third-order valence-electron chi connectivity index (χ3n) is 5.02. The maximum Gasteiger partial charge on any atom is 0.257 e. The smallest absolute Gasteiger partial charge is 0.257 e. The van der Waals surface area contributed by atoms with Gasteiger partial charge in [-0.05, 0) is 44.0 Å². The van der Waals surface area contributed by atoms with Crippen LogP contribution in [0.5, 0.6) is 5.75 Å². The molecule has 29 heavy (non-hydrogen) atoms. The number of nitrogens with zero attached hydrogens (tertiary/aromatic N) is 3. The van der Waals surface area contributed by atoms with Gasteiger partial charge in [0.25, 0.3) is 5.91 Å². The van der Waals surface area contributed by atoms with Gasteiger partial charge in [-0.2, -0.15) is 0 Å². The van der Waals surface area contributed by atoms with Crippen LogP contribution < -0.4 is 4.74 Å². The summed E-state index contributed by atoms with van der Waals surface area (Å²) in [5, 5.41) is 9.92. The fourth-order valence-corrected chi connectivity index (χ4v) is 4.60. The Bertz CT molecular complexity index is 1010. The molecule has 2 heterocycles. The molecule has 1 amide bonds. The number of carbonyl (C=O) groups excluding carboxylic acids is 1. The van der Waals surface area contributed by atoms with Gasteiger partial charge in [0, 0.05) is 24.6 Å². The van der Waals surface area contributed by atoms with Gasteiger partial charge >= 0.3 is 0 Å². The SMILES string of the molecule is CCOc1ccccc1C(=O)N1CCCC(c2nnc(-c3ccccc3F)s2)C1. The van der Waals surface area contributed by atoms with Gasteiger partial charge in [-0.3, -0.25) is 4.79 Å². The summed E-state index contributed by atoms with van der Waals surface area (Å²) in [5.41, 5.74) is 1.05. The lowest BCUT2D eigenvalue weighted by Gasteiger charge is -2.32. The van der Waals surface area contributed by atoms with Crippen LogP contribution in [0.4, 0.5) is 4.39 Å². The highest BCUT2D eigenvalue weighted by Crippen LogP contribution is 2.34. The average Bonchev–Trinajstić information content (AvgIpc) is 3.24. The van der Waals surface area contributed by atoms with Crippen molar-refractivity contribution in [2.45, 2.75) is 25.7 Å². The second-order valence-electron chi connectivity index (χ2n) is 6.94. The Labute approximate surface area is 173 Å². The fraction of sp³-hybridized carbons (Fsp3) is 0.318. The van der Waals surface area contributed by atoms with Crippen molar-refractivity contribution in [2.75, 3.05) is 19.7 Å². The summed E-state index contributed by atoms with van der Waals surface area (Å²) >= 11 is 1.40. The predicted octanol–water partition coefficient (Wildman–Crippen LogP) is 4.76. The largest absolute Gasteiger partial charge is 0.493 e. The van der Waals surface area contributed by atoms with Crippen LogP contribution >= 0.6 is 11.3 Å². The van der Waals surface area contributed by atoms with Gasteiger partial charge in [0.2, 0.25) is 0 Å². The zero-order chi connectivity index (χ0) is 20.2. The molecule has 1 unspecified atom stereocenters. The second kappa shape index (κ2) is 8.69. The number of amides is 1. The average molecular weight is 412 g/mol. The quantitative estimate of drug-likeness (QED) is 0.607. The van der Waals surface area contributed by atoms with Crippen molar-refractivity contribution in [3.05, 3.63) is 64.9 Å². The van der Waals surface area contributed by atoms with Gasteiger partial charge in [0.1, 0.15) is 16.6 Å². The van der Waals surface area contributed by atoms with E-state index in [2.05, 4.69) is 10.2 Å². The summed E-state index contributed by atoms with van der Waals surface area (Å²) < 4.78 is 19.7. The topological polar surface area (TPSA) is 55.3 Å². The lowest BCUT2D eigenvalue weighted by atomic mass is 9.98. The van der Waals surface area contributed by atoms with E-state index >= 15 is 0 Å². The van der Waals surface area contributed by atoms with Crippen molar-refractivity contribution in [1.29, 1.82) is 0 Å². The van der Waals surface area contributed by atoms with Crippen molar-refractivity contribution in [1.82, 2.24) is 15.1 Å². The number of hydrogen-bond donors (Lipinski definition) is 0. The third-order valence-corrected chi connectivity index (χ3v) is 6.14. The van der Waals surface area contributed by atoms with E-state index in [1.165, 1.54) is 17.4 Å². The molecule has 1 saturated heterocycles. The van der Waals surface area contributed by atoms with Crippen molar-refractivity contribution in [3.63, 3.8) is 0 Å². The first-order chi connectivity index (χ1) is 14.2. The van der Waals surface area contributed by atoms with Crippen molar-refractivity contribution >= 4 is 17.2 Å². The normalized spacial score (nSPS) is 16.6. The summed E-state index contributed by atoms with van der Waals surface area (Å²) in [6, 6.07) is 13.9. The molecule has 1 aromatic heterocycles. The Morgan fingerprint density at radius 3 is 2.83 bits per heavy atom. The predicted molar refractivity (Wildman–Crippen MR) is 111 cm³/mol. The van der Waals surface area contributed by atoms with Gasteiger partial charge in [-0.25, -0.2) is 4.39 Å². The van der Waals surface area contributed by atoms with Gasteiger partial charge in [0.15, 0.2) is 5.01 Å². The van der Waals surface area contributed by atoms with E-state index in [1.54, 1.807) is 24.3 Å². The molecule has 1 aliphatic heterocycles. The first kappa shape index (κ1) is 19.5. The van der Waals surface area contributed by atoms with Crippen LogP contribution in [0.1, 0.15) is 41.0 Å². The molecule has 1 fully saturated rings. The number of rotatable bonds is 5. The van der Waals surface area contributed by atoms with Gasteiger partial charge < -0.3 is 9.64 Å². The molecule has 2 aromatic carbocycles. The van der Waals surface area contributed by atoms with E-state index in [1.807, 2.05) is 30.0 Å². The number of ether oxygens (including phenoxy) is 1. The van der Waals surface area contributed by atoms with Crippen LogP contribution in [-0.2, 0) is 0 Å². The highest BCUT2D eigenvalue weighted by atomic mass is 32.1. The molecule has 1 atom stereocenters. The van der Waals surface area contributed by atoms with E-state index in [0.29, 0.717) is 41.6 Å². The van der Waals surface area contributed by atoms with Crippen molar-refractivity contribution in [2.24, 2.45) is 0 Å². The molecule has 4 rings (SSSR count). The zero-order valence-electron chi connectivity index (χ0n) is 16.2. The Morgan fingerprint density at radius 2 is 2.00 bits per heavy atom. The molecule has 150 valence electrons. The summed E-state index contributed by atoms with van der Waals surface area (Å²) in [7, 11) is 0. The maximum absolute atomic E-state index is 14.1. The molecule has 1 aliphatic rings. The highest BCUT2D eigenvalue weighted by Gasteiger charge is 2.29. The van der Waals surface area contributed by atoms with Crippen LogP contribution in [0.25, 0.3) is 10.6 Å². The highest BCUT2D eigenvalue weighted by molar-refractivity contribution is 7.14. The molecule has 0 N–H and O–H groups in total. The molecule has 5 nitrogen and oxygen atoms in total. The molecular weight excluding hydrogens is 389 g/mol. The second-order valence-corrected chi connectivity index (χ2v) is 7.95. The fourth-order valence-electron chi connectivity index (χ4n) is 3.60. The number of hydrogen-bond acceptors (Lipinski definition) is 5. The minimum Gasteiger partial charge on any atom is -0.493 e. The molecular formula is C22H22FN3O2S. The first-order valence-electron chi connectivity index (χ1n) is 9.76. The Hall–Kier alpha value is -2.80. The summed E-state index contributed by atoms with van der Waals surface area (Å²) in [5.74, 6) is 0.380. The van der Waals surface area contributed by atoms with E-state index in [9.17, 15) is 9.18 Å². The van der Waals surface area contributed by atoms with Crippen molar-refractivity contribution in [3.8, 4) is 16.3 Å². The number of carbonyl (C=O) groups is 1. The van der Waals surface area contributed by atoms with Crippen LogP contribution in [0.15, 0.2) is 48.5 Å². The van der Waals surface area contributed by atoms with Crippen LogP contribution in [0.2, 0.25) is 0 Å². The summed E-state index contributed by atoms with van der Waals surface area (Å²) in [6.45, 7) is 3.69. The molecule has 0 radical (unpaired) electrons. The number of halogens is 1. The lowest BCUT2D eigenvalue weighted by Crippen LogP contribution is -2.39. The van der Waals surface area contributed by atoms with Crippen LogP contribution in [0.3, 0.4) is 0 Å². The Balaban J connectivity index is 1.52. The zero-order valence-corrected chi connectivity index (χ0v) is 17.0. The number of likely N-dealkylation sites (tertiary alicyclic amines) is 1. The van der Waals surface area contributed by atoms with E-state index in [-0.39, 0.29) is 17.6 Å². The molecule has 0 saturated carbocycles. The third kappa shape index (κ3) is 4.15. The van der Waals surface area contributed by atoms with Gasteiger partial charge in [0.05, 0.1) is 12.2 Å². The summed E-state index contributed by atoms with van der Waals surface area (Å²) in [4.78, 5) is 15.0. The molecule has 0 bridgehead atoms. The monoisotopic (exact) mass is 411 g/mol. The molecule has 3 aromatic rings. The molecule has 7 heteroatoms. The lowest BCUT2D eigenvalue weighted by molar-refractivity contribution is 0.0702. The Kier molecular flexibility index (Phi) is 5.85.